The Kier molecular flexibility index (Phi) is 1.85. The third-order valence-corrected chi connectivity index (χ3v) is 2.43. The minimum absolute atomic E-state index is 0.279. The van der Waals surface area contributed by atoms with Crippen LogP contribution in [0.15, 0.2) is 18.3 Å². The third-order valence-electron chi connectivity index (χ3n) is 2.43. The monoisotopic (exact) mass is 163 g/mol. The number of hydrogen-bond acceptors (Lipinski definition) is 2. The Balaban J connectivity index is 2.25. The molecule has 2 nitrogen and oxygen atoms in total. The van der Waals surface area contributed by atoms with Gasteiger partial charge in [0.1, 0.15) is 0 Å². The molecule has 1 saturated carbocycles. The van der Waals surface area contributed by atoms with Crippen LogP contribution in [0.3, 0.4) is 0 Å². The van der Waals surface area contributed by atoms with E-state index in [-0.39, 0.29) is 6.10 Å². The van der Waals surface area contributed by atoms with Crippen molar-refractivity contribution >= 4 is 0 Å². The van der Waals surface area contributed by atoms with Crippen molar-refractivity contribution in [2.75, 3.05) is 0 Å². The summed E-state index contributed by atoms with van der Waals surface area (Å²) in [6.45, 7) is 1.95. The normalized spacial score (nSPS) is 19.2. The molecule has 0 amide bonds. The second-order valence-corrected chi connectivity index (χ2v) is 3.46. The van der Waals surface area contributed by atoms with Gasteiger partial charge in [-0.1, -0.05) is 6.07 Å². The summed E-state index contributed by atoms with van der Waals surface area (Å²) in [5.74, 6) is 0.493. The van der Waals surface area contributed by atoms with Gasteiger partial charge in [0.15, 0.2) is 0 Å². The molecule has 64 valence electrons. The summed E-state index contributed by atoms with van der Waals surface area (Å²) < 4.78 is 0. The molecule has 0 aliphatic heterocycles. The average molecular weight is 163 g/mol. The van der Waals surface area contributed by atoms with E-state index in [4.69, 9.17) is 0 Å². The van der Waals surface area contributed by atoms with E-state index in [0.717, 1.165) is 24.1 Å². The van der Waals surface area contributed by atoms with Crippen LogP contribution in [0.5, 0.6) is 0 Å². The Morgan fingerprint density at radius 2 is 2.33 bits per heavy atom. The average Bonchev–Trinajstić information content (AvgIpc) is 2.86. The lowest BCUT2D eigenvalue weighted by Gasteiger charge is -2.10. The van der Waals surface area contributed by atoms with Gasteiger partial charge in [0.2, 0.25) is 0 Å². The van der Waals surface area contributed by atoms with Gasteiger partial charge in [-0.2, -0.15) is 0 Å². The fourth-order valence-electron chi connectivity index (χ4n) is 1.48. The topological polar surface area (TPSA) is 33.1 Å². The van der Waals surface area contributed by atoms with Crippen LogP contribution in [0, 0.1) is 12.8 Å². The number of aliphatic hydroxyl groups is 1. The number of aliphatic hydroxyl groups excluding tert-OH is 1. The summed E-state index contributed by atoms with van der Waals surface area (Å²) in [7, 11) is 0. The molecule has 0 bridgehead atoms. The smallest absolute Gasteiger partial charge is 0.0835 e. The molecular formula is C10H13NO. The second kappa shape index (κ2) is 2.87. The second-order valence-electron chi connectivity index (χ2n) is 3.46. The number of nitrogens with zero attached hydrogens (tertiary/aromatic N) is 1. The standard InChI is InChI=1S/C10H13NO/c1-7-9(3-2-6-11-7)10(12)8-4-5-8/h2-3,6,8,10,12H,4-5H2,1H3. The quantitative estimate of drug-likeness (QED) is 0.721. The molecule has 1 heterocycles. The van der Waals surface area contributed by atoms with Crippen LogP contribution >= 0.6 is 0 Å². The first-order valence-electron chi connectivity index (χ1n) is 4.38. The Morgan fingerprint density at radius 1 is 1.58 bits per heavy atom. The van der Waals surface area contributed by atoms with Gasteiger partial charge in [0.05, 0.1) is 6.10 Å². The predicted octanol–water partition coefficient (Wildman–Crippen LogP) is 1.83. The Hall–Kier alpha value is -0.890. The zero-order valence-electron chi connectivity index (χ0n) is 7.20. The number of aryl methyl sites for hydroxylation is 1. The van der Waals surface area contributed by atoms with Gasteiger partial charge < -0.3 is 5.11 Å². The van der Waals surface area contributed by atoms with Crippen LogP contribution in [-0.2, 0) is 0 Å². The van der Waals surface area contributed by atoms with Crippen LogP contribution in [0.2, 0.25) is 0 Å². The minimum atomic E-state index is -0.279. The molecule has 1 aliphatic carbocycles. The largest absolute Gasteiger partial charge is 0.388 e. The Bertz CT molecular complexity index is 281. The van der Waals surface area contributed by atoms with Crippen LogP contribution in [0.1, 0.15) is 30.2 Å². The SMILES string of the molecule is Cc1ncccc1C(O)C1CC1. The summed E-state index contributed by atoms with van der Waals surface area (Å²) in [5.41, 5.74) is 1.96. The molecule has 1 atom stereocenters. The van der Waals surface area contributed by atoms with Gasteiger partial charge in [-0.3, -0.25) is 4.98 Å². The van der Waals surface area contributed by atoms with Gasteiger partial charge in [-0.05, 0) is 31.7 Å². The number of rotatable bonds is 2. The van der Waals surface area contributed by atoms with Crippen molar-refractivity contribution in [3.63, 3.8) is 0 Å². The molecule has 2 heteroatoms. The third kappa shape index (κ3) is 1.34. The Morgan fingerprint density at radius 3 is 2.92 bits per heavy atom. The molecule has 0 radical (unpaired) electrons. The van der Waals surface area contributed by atoms with Crippen molar-refractivity contribution in [1.29, 1.82) is 0 Å². The zero-order chi connectivity index (χ0) is 8.55. The highest BCUT2D eigenvalue weighted by Crippen LogP contribution is 2.41. The first-order chi connectivity index (χ1) is 5.79. The molecule has 12 heavy (non-hydrogen) atoms. The van der Waals surface area contributed by atoms with Gasteiger partial charge in [0.25, 0.3) is 0 Å². The predicted molar refractivity (Wildman–Crippen MR) is 46.7 cm³/mol. The summed E-state index contributed by atoms with van der Waals surface area (Å²) in [5, 5.41) is 9.80. The van der Waals surface area contributed by atoms with Crippen LogP contribution < -0.4 is 0 Å². The maximum Gasteiger partial charge on any atom is 0.0835 e. The van der Waals surface area contributed by atoms with Crippen LogP contribution in [0.25, 0.3) is 0 Å². The number of hydrogen-bond donors (Lipinski definition) is 1. The van der Waals surface area contributed by atoms with Crippen LogP contribution in [-0.4, -0.2) is 10.1 Å². The fourth-order valence-corrected chi connectivity index (χ4v) is 1.48. The van der Waals surface area contributed by atoms with Crippen LogP contribution in [0.4, 0.5) is 0 Å². The summed E-state index contributed by atoms with van der Waals surface area (Å²) in [6, 6.07) is 3.85. The number of pyridine rings is 1. The maximum atomic E-state index is 9.80. The molecule has 1 aromatic rings. The van der Waals surface area contributed by atoms with E-state index in [1.165, 1.54) is 0 Å². The summed E-state index contributed by atoms with van der Waals surface area (Å²) >= 11 is 0. The van der Waals surface area contributed by atoms with Gasteiger partial charge in [-0.15, -0.1) is 0 Å². The zero-order valence-corrected chi connectivity index (χ0v) is 7.20. The highest BCUT2D eigenvalue weighted by Gasteiger charge is 2.31. The summed E-state index contributed by atoms with van der Waals surface area (Å²) in [4.78, 5) is 4.15. The highest BCUT2D eigenvalue weighted by atomic mass is 16.3. The van der Waals surface area contributed by atoms with Crippen molar-refractivity contribution in [3.8, 4) is 0 Å². The molecule has 0 saturated heterocycles. The molecule has 2 rings (SSSR count). The van der Waals surface area contributed by atoms with E-state index in [1.54, 1.807) is 6.20 Å². The van der Waals surface area contributed by atoms with Crippen molar-refractivity contribution in [2.45, 2.75) is 25.9 Å². The first kappa shape index (κ1) is 7.74. The van der Waals surface area contributed by atoms with Crippen molar-refractivity contribution < 1.29 is 5.11 Å². The molecule has 1 fully saturated rings. The molecule has 0 spiro atoms. The lowest BCUT2D eigenvalue weighted by atomic mass is 10.0. The number of aromatic nitrogens is 1. The Labute approximate surface area is 72.3 Å². The molecule has 1 aliphatic rings. The molecule has 1 unspecified atom stereocenters. The van der Waals surface area contributed by atoms with Gasteiger partial charge >= 0.3 is 0 Å². The molecule has 0 aromatic carbocycles. The van der Waals surface area contributed by atoms with E-state index in [9.17, 15) is 5.11 Å². The van der Waals surface area contributed by atoms with E-state index in [1.807, 2.05) is 19.1 Å². The van der Waals surface area contributed by atoms with E-state index < -0.39 is 0 Å². The lowest BCUT2D eigenvalue weighted by Crippen LogP contribution is -2.02. The lowest BCUT2D eigenvalue weighted by molar-refractivity contribution is 0.152. The highest BCUT2D eigenvalue weighted by molar-refractivity contribution is 5.22. The fraction of sp³-hybridized carbons (Fsp3) is 0.500. The molecule has 1 aromatic heterocycles. The minimum Gasteiger partial charge on any atom is -0.388 e. The van der Waals surface area contributed by atoms with E-state index >= 15 is 0 Å². The van der Waals surface area contributed by atoms with Gasteiger partial charge in [-0.25, -0.2) is 0 Å². The van der Waals surface area contributed by atoms with E-state index in [0.29, 0.717) is 5.92 Å². The maximum absolute atomic E-state index is 9.80. The first-order valence-corrected chi connectivity index (χ1v) is 4.38. The van der Waals surface area contributed by atoms with Gasteiger partial charge in [0, 0.05) is 17.5 Å². The molecule has 1 N–H and O–H groups in total. The van der Waals surface area contributed by atoms with E-state index in [2.05, 4.69) is 4.98 Å². The van der Waals surface area contributed by atoms with Crippen molar-refractivity contribution in [2.24, 2.45) is 5.92 Å². The van der Waals surface area contributed by atoms with Crippen molar-refractivity contribution in [3.05, 3.63) is 29.6 Å². The summed E-state index contributed by atoms with van der Waals surface area (Å²) in [6.07, 6.45) is 3.81. The van der Waals surface area contributed by atoms with Crippen molar-refractivity contribution in [1.82, 2.24) is 4.98 Å². The molecular weight excluding hydrogens is 150 g/mol.